The summed E-state index contributed by atoms with van der Waals surface area (Å²) >= 11 is 0. The number of nitrogens with zero attached hydrogens (tertiary/aromatic N) is 2. The average molecular weight is 245 g/mol. The van der Waals surface area contributed by atoms with Crippen molar-refractivity contribution in [2.24, 2.45) is 0 Å². The average Bonchev–Trinajstić information content (AvgIpc) is 2.87. The van der Waals surface area contributed by atoms with Gasteiger partial charge in [-0.15, -0.1) is 0 Å². The minimum Gasteiger partial charge on any atom is -0.356 e. The third-order valence-corrected chi connectivity index (χ3v) is 4.71. The third kappa shape index (κ3) is 2.12. The molecule has 1 aromatic rings. The normalized spacial score (nSPS) is 22.0. The molecule has 1 aliphatic carbocycles. The lowest BCUT2D eigenvalue weighted by molar-refractivity contribution is 0.304. The van der Waals surface area contributed by atoms with Gasteiger partial charge in [0.05, 0.1) is 0 Å². The van der Waals surface area contributed by atoms with Crippen LogP contribution in [-0.2, 0) is 12.8 Å². The van der Waals surface area contributed by atoms with Crippen molar-refractivity contribution in [3.63, 3.8) is 0 Å². The van der Waals surface area contributed by atoms with E-state index in [4.69, 9.17) is 4.98 Å². The van der Waals surface area contributed by atoms with E-state index in [1.54, 1.807) is 0 Å². The maximum absolute atomic E-state index is 4.86. The van der Waals surface area contributed by atoms with Gasteiger partial charge < -0.3 is 10.2 Å². The first-order valence-electron chi connectivity index (χ1n) is 7.13. The summed E-state index contributed by atoms with van der Waals surface area (Å²) in [7, 11) is 2.07. The molecule has 3 rings (SSSR count). The Morgan fingerprint density at radius 1 is 1.22 bits per heavy atom. The van der Waals surface area contributed by atoms with Gasteiger partial charge in [-0.1, -0.05) is 6.07 Å². The largest absolute Gasteiger partial charge is 0.356 e. The van der Waals surface area contributed by atoms with E-state index in [2.05, 4.69) is 36.3 Å². The monoisotopic (exact) mass is 245 g/mol. The van der Waals surface area contributed by atoms with Crippen LogP contribution in [0.4, 0.5) is 5.82 Å². The number of pyridine rings is 1. The van der Waals surface area contributed by atoms with Crippen LogP contribution in [0.3, 0.4) is 0 Å². The van der Waals surface area contributed by atoms with E-state index in [0.29, 0.717) is 5.54 Å². The van der Waals surface area contributed by atoms with Gasteiger partial charge in [-0.3, -0.25) is 0 Å². The van der Waals surface area contributed by atoms with E-state index in [-0.39, 0.29) is 0 Å². The van der Waals surface area contributed by atoms with Gasteiger partial charge in [0.2, 0.25) is 0 Å². The Morgan fingerprint density at radius 2 is 2.00 bits per heavy atom. The molecule has 18 heavy (non-hydrogen) atoms. The summed E-state index contributed by atoms with van der Waals surface area (Å²) in [4.78, 5) is 7.30. The highest BCUT2D eigenvalue weighted by molar-refractivity contribution is 5.43. The molecule has 0 unspecified atom stereocenters. The maximum Gasteiger partial charge on any atom is 0.128 e. The molecule has 0 saturated carbocycles. The molecule has 0 atom stereocenters. The highest BCUT2D eigenvalue weighted by Gasteiger charge is 2.29. The Labute approximate surface area is 110 Å². The molecule has 3 nitrogen and oxygen atoms in total. The first-order valence-corrected chi connectivity index (χ1v) is 7.13. The number of rotatable bonds is 2. The molecule has 0 spiro atoms. The predicted molar refractivity (Wildman–Crippen MR) is 75.2 cm³/mol. The summed E-state index contributed by atoms with van der Waals surface area (Å²) < 4.78 is 0. The van der Waals surface area contributed by atoms with Crippen molar-refractivity contribution < 1.29 is 0 Å². The molecule has 2 heterocycles. The molecule has 1 aromatic heterocycles. The summed E-state index contributed by atoms with van der Waals surface area (Å²) in [5, 5.41) is 3.45. The van der Waals surface area contributed by atoms with Gasteiger partial charge >= 0.3 is 0 Å². The summed E-state index contributed by atoms with van der Waals surface area (Å²) in [5.41, 5.74) is 3.12. The van der Waals surface area contributed by atoms with Crippen LogP contribution in [0.15, 0.2) is 12.1 Å². The van der Waals surface area contributed by atoms with E-state index in [1.165, 1.54) is 49.2 Å². The van der Waals surface area contributed by atoms with Crippen LogP contribution >= 0.6 is 0 Å². The molecule has 1 aliphatic heterocycles. The Kier molecular flexibility index (Phi) is 3.02. The Bertz CT molecular complexity index is 433. The topological polar surface area (TPSA) is 28.2 Å². The standard InChI is InChI=1S/C15H23N3/c1-15(16-2)8-10-18(11-9-15)14-7-6-12-4-3-5-13(12)17-14/h6-7,16H,3-5,8-11H2,1-2H3. The van der Waals surface area contributed by atoms with Gasteiger partial charge in [-0.05, 0) is 57.7 Å². The summed E-state index contributed by atoms with van der Waals surface area (Å²) in [6, 6.07) is 4.50. The minimum absolute atomic E-state index is 0.313. The van der Waals surface area contributed by atoms with Crippen molar-refractivity contribution in [1.82, 2.24) is 10.3 Å². The molecular formula is C15H23N3. The number of hydrogen-bond donors (Lipinski definition) is 1. The van der Waals surface area contributed by atoms with E-state index in [0.717, 1.165) is 13.1 Å². The zero-order valence-electron chi connectivity index (χ0n) is 11.5. The van der Waals surface area contributed by atoms with Crippen molar-refractivity contribution in [3.8, 4) is 0 Å². The van der Waals surface area contributed by atoms with Gasteiger partial charge in [0, 0.05) is 24.3 Å². The van der Waals surface area contributed by atoms with Gasteiger partial charge in [-0.2, -0.15) is 0 Å². The Hall–Kier alpha value is -1.09. The van der Waals surface area contributed by atoms with Crippen LogP contribution in [0.25, 0.3) is 0 Å². The van der Waals surface area contributed by atoms with Crippen LogP contribution in [0, 0.1) is 0 Å². The Balaban J connectivity index is 1.73. The predicted octanol–water partition coefficient (Wildman–Crippen LogP) is 2.15. The number of hydrogen-bond acceptors (Lipinski definition) is 3. The highest BCUT2D eigenvalue weighted by Crippen LogP contribution is 2.27. The quantitative estimate of drug-likeness (QED) is 0.865. The number of nitrogens with one attached hydrogen (secondary N) is 1. The lowest BCUT2D eigenvalue weighted by Gasteiger charge is -2.40. The van der Waals surface area contributed by atoms with E-state index in [1.807, 2.05) is 0 Å². The molecule has 0 aromatic carbocycles. The lowest BCUT2D eigenvalue weighted by atomic mass is 9.90. The van der Waals surface area contributed by atoms with Gasteiger partial charge in [0.25, 0.3) is 0 Å². The fourth-order valence-corrected chi connectivity index (χ4v) is 3.06. The SMILES string of the molecule is CNC1(C)CCN(c2ccc3c(n2)CCC3)CC1. The molecule has 0 bridgehead atoms. The summed E-state index contributed by atoms with van der Waals surface area (Å²) in [5.74, 6) is 1.19. The second kappa shape index (κ2) is 4.54. The first kappa shape index (κ1) is 12.0. The van der Waals surface area contributed by atoms with E-state index < -0.39 is 0 Å². The maximum atomic E-state index is 4.86. The van der Waals surface area contributed by atoms with E-state index >= 15 is 0 Å². The minimum atomic E-state index is 0.313. The number of fused-ring (bicyclic) bond motifs is 1. The smallest absolute Gasteiger partial charge is 0.128 e. The second-order valence-corrected chi connectivity index (χ2v) is 5.93. The zero-order valence-corrected chi connectivity index (χ0v) is 11.5. The molecule has 3 heteroatoms. The molecule has 0 radical (unpaired) electrons. The van der Waals surface area contributed by atoms with Crippen molar-refractivity contribution >= 4 is 5.82 Å². The number of piperidine rings is 1. The third-order valence-electron chi connectivity index (χ3n) is 4.71. The molecule has 0 amide bonds. The highest BCUT2D eigenvalue weighted by atomic mass is 15.2. The van der Waals surface area contributed by atoms with Crippen molar-refractivity contribution in [2.45, 2.75) is 44.6 Å². The molecule has 1 saturated heterocycles. The van der Waals surface area contributed by atoms with Gasteiger partial charge in [0.15, 0.2) is 0 Å². The second-order valence-electron chi connectivity index (χ2n) is 5.93. The number of aryl methyl sites for hydroxylation is 2. The lowest BCUT2D eigenvalue weighted by Crippen LogP contribution is -2.50. The number of aromatic nitrogens is 1. The summed E-state index contributed by atoms with van der Waals surface area (Å²) in [6.45, 7) is 4.55. The molecule has 2 aliphatic rings. The first-order chi connectivity index (χ1) is 8.70. The molecule has 98 valence electrons. The number of anilines is 1. The Morgan fingerprint density at radius 3 is 2.72 bits per heavy atom. The zero-order chi connectivity index (χ0) is 12.6. The fraction of sp³-hybridized carbons (Fsp3) is 0.667. The van der Waals surface area contributed by atoms with Crippen LogP contribution in [0.1, 0.15) is 37.4 Å². The van der Waals surface area contributed by atoms with Crippen molar-refractivity contribution in [3.05, 3.63) is 23.4 Å². The van der Waals surface area contributed by atoms with Crippen LogP contribution < -0.4 is 10.2 Å². The summed E-state index contributed by atoms with van der Waals surface area (Å²) in [6.07, 6.45) is 6.07. The van der Waals surface area contributed by atoms with Crippen LogP contribution in [0.5, 0.6) is 0 Å². The molecular weight excluding hydrogens is 222 g/mol. The van der Waals surface area contributed by atoms with Crippen LogP contribution in [0.2, 0.25) is 0 Å². The molecule has 1 fully saturated rings. The van der Waals surface area contributed by atoms with Crippen molar-refractivity contribution in [2.75, 3.05) is 25.0 Å². The van der Waals surface area contributed by atoms with Gasteiger partial charge in [-0.25, -0.2) is 4.98 Å². The van der Waals surface area contributed by atoms with Crippen LogP contribution in [-0.4, -0.2) is 30.7 Å². The van der Waals surface area contributed by atoms with Crippen molar-refractivity contribution in [1.29, 1.82) is 0 Å². The van der Waals surface area contributed by atoms with Gasteiger partial charge in [0.1, 0.15) is 5.82 Å². The van der Waals surface area contributed by atoms with E-state index in [9.17, 15) is 0 Å². The molecule has 1 N–H and O–H groups in total. The fourth-order valence-electron chi connectivity index (χ4n) is 3.06.